The molecule has 1 saturated carbocycles. The van der Waals surface area contributed by atoms with Crippen LogP contribution in [0, 0.1) is 18.8 Å². The van der Waals surface area contributed by atoms with Crippen molar-refractivity contribution in [3.05, 3.63) is 17.5 Å². The van der Waals surface area contributed by atoms with Gasteiger partial charge in [0, 0.05) is 50.1 Å². The zero-order valence-electron chi connectivity index (χ0n) is 14.5. The Kier molecular flexibility index (Phi) is 5.48. The van der Waals surface area contributed by atoms with Crippen LogP contribution in [0.2, 0.25) is 0 Å². The summed E-state index contributed by atoms with van der Waals surface area (Å²) in [6, 6.07) is 0. The van der Waals surface area contributed by atoms with Gasteiger partial charge in [-0.25, -0.2) is 0 Å². The molecule has 2 heterocycles. The zero-order chi connectivity index (χ0) is 17.1. The number of aromatic nitrogens is 2. The van der Waals surface area contributed by atoms with Crippen molar-refractivity contribution in [1.82, 2.24) is 20.0 Å². The van der Waals surface area contributed by atoms with E-state index in [2.05, 4.69) is 10.4 Å². The molecule has 1 aliphatic carbocycles. The van der Waals surface area contributed by atoms with Crippen LogP contribution in [0.4, 0.5) is 0 Å². The largest absolute Gasteiger partial charge is 0.354 e. The molecule has 1 N–H and O–H groups in total. The van der Waals surface area contributed by atoms with Gasteiger partial charge in [-0.3, -0.25) is 14.3 Å². The number of rotatable bonds is 7. The second-order valence-corrected chi connectivity index (χ2v) is 8.03. The molecule has 0 bridgehead atoms. The SMILES string of the molecule is Cc1cn(C)nc1C(=O)N(CCNC(=O)C1CCSC1)CC1CC1. The van der Waals surface area contributed by atoms with Crippen molar-refractivity contribution in [3.63, 3.8) is 0 Å². The minimum absolute atomic E-state index is 0.0225. The lowest BCUT2D eigenvalue weighted by Gasteiger charge is -2.22. The molecule has 2 amide bonds. The van der Waals surface area contributed by atoms with E-state index in [0.717, 1.165) is 30.0 Å². The van der Waals surface area contributed by atoms with E-state index in [9.17, 15) is 9.59 Å². The van der Waals surface area contributed by atoms with Crippen LogP contribution >= 0.6 is 11.8 Å². The third kappa shape index (κ3) is 4.32. The number of hydrogen-bond donors (Lipinski definition) is 1. The number of nitrogens with one attached hydrogen (secondary N) is 1. The molecular formula is C17H26N4O2S. The van der Waals surface area contributed by atoms with E-state index < -0.39 is 0 Å². The third-order valence-corrected chi connectivity index (χ3v) is 5.82. The molecule has 6 nitrogen and oxygen atoms in total. The molecular weight excluding hydrogens is 324 g/mol. The molecule has 1 saturated heterocycles. The summed E-state index contributed by atoms with van der Waals surface area (Å²) in [6.07, 6.45) is 5.21. The molecule has 0 spiro atoms. The second-order valence-electron chi connectivity index (χ2n) is 6.88. The number of aryl methyl sites for hydroxylation is 2. The van der Waals surface area contributed by atoms with E-state index in [4.69, 9.17) is 0 Å². The van der Waals surface area contributed by atoms with Crippen LogP contribution in [0.15, 0.2) is 6.20 Å². The maximum Gasteiger partial charge on any atom is 0.274 e. The van der Waals surface area contributed by atoms with E-state index in [-0.39, 0.29) is 17.7 Å². The fourth-order valence-electron chi connectivity index (χ4n) is 3.06. The molecule has 1 aromatic heterocycles. The number of hydrogen-bond acceptors (Lipinski definition) is 4. The first-order chi connectivity index (χ1) is 11.5. The summed E-state index contributed by atoms with van der Waals surface area (Å²) in [4.78, 5) is 26.8. The van der Waals surface area contributed by atoms with Crippen LogP contribution < -0.4 is 5.32 Å². The van der Waals surface area contributed by atoms with Gasteiger partial charge in [-0.1, -0.05) is 0 Å². The van der Waals surface area contributed by atoms with Crippen molar-refractivity contribution in [2.24, 2.45) is 18.9 Å². The Balaban J connectivity index is 1.56. The lowest BCUT2D eigenvalue weighted by atomic mass is 10.1. The lowest BCUT2D eigenvalue weighted by molar-refractivity contribution is -0.124. The summed E-state index contributed by atoms with van der Waals surface area (Å²) in [6.45, 7) is 3.75. The predicted octanol–water partition coefficient (Wildman–Crippen LogP) is 1.45. The molecule has 1 atom stereocenters. The average molecular weight is 350 g/mol. The molecule has 24 heavy (non-hydrogen) atoms. The molecule has 2 aliphatic rings. The highest BCUT2D eigenvalue weighted by molar-refractivity contribution is 7.99. The molecule has 7 heteroatoms. The van der Waals surface area contributed by atoms with E-state index in [1.165, 1.54) is 12.8 Å². The van der Waals surface area contributed by atoms with E-state index in [1.807, 2.05) is 36.8 Å². The van der Waals surface area contributed by atoms with Crippen molar-refractivity contribution in [1.29, 1.82) is 0 Å². The molecule has 2 fully saturated rings. The van der Waals surface area contributed by atoms with Gasteiger partial charge in [-0.05, 0) is 37.9 Å². The van der Waals surface area contributed by atoms with Crippen molar-refractivity contribution in [3.8, 4) is 0 Å². The smallest absolute Gasteiger partial charge is 0.274 e. The molecule has 1 aromatic rings. The minimum Gasteiger partial charge on any atom is -0.354 e. The summed E-state index contributed by atoms with van der Waals surface area (Å²) in [5, 5.41) is 7.30. The van der Waals surface area contributed by atoms with Gasteiger partial charge in [0.25, 0.3) is 5.91 Å². The molecule has 0 aromatic carbocycles. The quantitative estimate of drug-likeness (QED) is 0.808. The van der Waals surface area contributed by atoms with E-state index in [0.29, 0.717) is 24.7 Å². The van der Waals surface area contributed by atoms with Gasteiger partial charge in [-0.2, -0.15) is 16.9 Å². The van der Waals surface area contributed by atoms with E-state index >= 15 is 0 Å². The molecule has 3 rings (SSSR count). The molecule has 1 unspecified atom stereocenters. The predicted molar refractivity (Wildman–Crippen MR) is 95.0 cm³/mol. The normalized spacial score (nSPS) is 20.2. The highest BCUT2D eigenvalue weighted by Crippen LogP contribution is 2.30. The second kappa shape index (κ2) is 7.59. The number of nitrogens with zero attached hydrogens (tertiary/aromatic N) is 3. The van der Waals surface area contributed by atoms with E-state index in [1.54, 1.807) is 4.68 Å². The van der Waals surface area contributed by atoms with Crippen molar-refractivity contribution in [2.75, 3.05) is 31.1 Å². The lowest BCUT2D eigenvalue weighted by Crippen LogP contribution is -2.41. The number of thioether (sulfide) groups is 1. The van der Waals surface area contributed by atoms with Crippen LogP contribution in [0.5, 0.6) is 0 Å². The Hall–Kier alpha value is -1.50. The van der Waals surface area contributed by atoms with Gasteiger partial charge < -0.3 is 10.2 Å². The summed E-state index contributed by atoms with van der Waals surface area (Å²) < 4.78 is 1.68. The fraction of sp³-hybridized carbons (Fsp3) is 0.706. The molecule has 132 valence electrons. The Morgan fingerprint density at radius 3 is 2.79 bits per heavy atom. The standard InChI is InChI=1S/C17H26N4O2S/c1-12-9-20(2)19-15(12)17(23)21(10-13-3-4-13)7-6-18-16(22)14-5-8-24-11-14/h9,13-14H,3-8,10-11H2,1-2H3,(H,18,22). The fourth-order valence-corrected chi connectivity index (χ4v) is 4.28. The highest BCUT2D eigenvalue weighted by atomic mass is 32.2. The zero-order valence-corrected chi connectivity index (χ0v) is 15.3. The van der Waals surface area contributed by atoms with Crippen molar-refractivity contribution >= 4 is 23.6 Å². The first-order valence-electron chi connectivity index (χ1n) is 8.69. The summed E-state index contributed by atoms with van der Waals surface area (Å²) in [7, 11) is 1.83. The molecule has 1 aliphatic heterocycles. The van der Waals surface area contributed by atoms with Crippen LogP contribution in [-0.4, -0.2) is 57.6 Å². The van der Waals surface area contributed by atoms with Gasteiger partial charge in [0.2, 0.25) is 5.91 Å². The van der Waals surface area contributed by atoms with Gasteiger partial charge in [-0.15, -0.1) is 0 Å². The number of amides is 2. The maximum atomic E-state index is 12.8. The summed E-state index contributed by atoms with van der Waals surface area (Å²) >= 11 is 1.84. The monoisotopic (exact) mass is 350 g/mol. The number of carbonyl (C=O) groups is 2. The van der Waals surface area contributed by atoms with Gasteiger partial charge in [0.1, 0.15) is 0 Å². The number of carbonyl (C=O) groups excluding carboxylic acids is 2. The maximum absolute atomic E-state index is 12.8. The van der Waals surface area contributed by atoms with Gasteiger partial charge in [0.05, 0.1) is 0 Å². The van der Waals surface area contributed by atoms with Crippen molar-refractivity contribution < 1.29 is 9.59 Å². The Labute approximate surface area is 147 Å². The van der Waals surface area contributed by atoms with Crippen LogP contribution in [0.1, 0.15) is 35.3 Å². The minimum atomic E-state index is -0.0225. The Morgan fingerprint density at radius 1 is 1.42 bits per heavy atom. The Morgan fingerprint density at radius 2 is 2.21 bits per heavy atom. The summed E-state index contributed by atoms with van der Waals surface area (Å²) in [5.41, 5.74) is 1.42. The first-order valence-corrected chi connectivity index (χ1v) is 9.85. The summed E-state index contributed by atoms with van der Waals surface area (Å²) in [5.74, 6) is 2.85. The van der Waals surface area contributed by atoms with Crippen LogP contribution in [0.3, 0.4) is 0 Å². The van der Waals surface area contributed by atoms with Gasteiger partial charge >= 0.3 is 0 Å². The van der Waals surface area contributed by atoms with Crippen LogP contribution in [0.25, 0.3) is 0 Å². The average Bonchev–Trinajstić information content (AvgIpc) is 3.07. The van der Waals surface area contributed by atoms with Crippen LogP contribution in [-0.2, 0) is 11.8 Å². The van der Waals surface area contributed by atoms with Gasteiger partial charge in [0.15, 0.2) is 5.69 Å². The third-order valence-electron chi connectivity index (χ3n) is 4.66. The Bertz CT molecular complexity index is 606. The highest BCUT2D eigenvalue weighted by Gasteiger charge is 2.29. The first kappa shape index (κ1) is 17.3. The molecule has 0 radical (unpaired) electrons. The van der Waals surface area contributed by atoms with Crippen molar-refractivity contribution in [2.45, 2.75) is 26.2 Å². The topological polar surface area (TPSA) is 67.2 Å².